The lowest BCUT2D eigenvalue weighted by atomic mass is 10.0. The second kappa shape index (κ2) is 9.19. The minimum Gasteiger partial charge on any atom is -0.495 e. The maximum atomic E-state index is 12.8. The van der Waals surface area contributed by atoms with E-state index in [9.17, 15) is 8.78 Å². The van der Waals surface area contributed by atoms with Crippen LogP contribution in [0.15, 0.2) is 41.1 Å². The molecule has 3 aromatic rings. The average Bonchev–Trinajstić information content (AvgIpc) is 2.75. The number of halogens is 3. The van der Waals surface area contributed by atoms with Crippen LogP contribution in [0.3, 0.4) is 0 Å². The van der Waals surface area contributed by atoms with E-state index in [0.717, 1.165) is 36.1 Å². The number of hydrogen-bond donors (Lipinski definition) is 2. The number of nitrogens with zero attached hydrogens (tertiary/aromatic N) is 3. The molecule has 0 unspecified atom stereocenters. The van der Waals surface area contributed by atoms with E-state index in [-0.39, 0.29) is 17.5 Å². The van der Waals surface area contributed by atoms with E-state index in [2.05, 4.69) is 40.9 Å². The van der Waals surface area contributed by atoms with Gasteiger partial charge in [0.2, 0.25) is 0 Å². The fourth-order valence-corrected chi connectivity index (χ4v) is 4.23. The van der Waals surface area contributed by atoms with Gasteiger partial charge in [-0.3, -0.25) is 0 Å². The van der Waals surface area contributed by atoms with Crippen LogP contribution in [-0.2, 0) is 0 Å². The average molecular weight is 494 g/mol. The van der Waals surface area contributed by atoms with E-state index in [1.54, 1.807) is 13.2 Å². The predicted molar refractivity (Wildman–Crippen MR) is 119 cm³/mol. The first-order valence-electron chi connectivity index (χ1n) is 9.80. The number of nitrogens with one attached hydrogen (secondary N) is 1. The molecule has 7 nitrogen and oxygen atoms in total. The van der Waals surface area contributed by atoms with Crippen molar-refractivity contribution >= 4 is 44.0 Å². The third-order valence-corrected chi connectivity index (χ3v) is 5.76. The molecule has 2 heterocycles. The van der Waals surface area contributed by atoms with Crippen LogP contribution in [0.4, 0.5) is 26.0 Å². The maximum absolute atomic E-state index is 12.8. The van der Waals surface area contributed by atoms with Crippen LogP contribution in [0.1, 0.15) is 12.8 Å². The van der Waals surface area contributed by atoms with Crippen molar-refractivity contribution in [2.24, 2.45) is 0 Å². The molecule has 0 aliphatic carbocycles. The van der Waals surface area contributed by atoms with Crippen molar-refractivity contribution in [3.05, 3.63) is 41.1 Å². The number of hydrogen-bond acceptors (Lipinski definition) is 7. The Hall–Kier alpha value is -2.72. The van der Waals surface area contributed by atoms with Gasteiger partial charge in [-0.15, -0.1) is 0 Å². The van der Waals surface area contributed by atoms with E-state index in [1.807, 2.05) is 18.2 Å². The summed E-state index contributed by atoms with van der Waals surface area (Å²) >= 11 is 3.55. The van der Waals surface area contributed by atoms with Gasteiger partial charge in [-0.1, -0.05) is 15.9 Å². The number of nitrogen functional groups attached to an aromatic ring is 1. The molecular weight excluding hydrogens is 472 g/mol. The minimum absolute atomic E-state index is 0.0929. The molecule has 0 saturated carbocycles. The van der Waals surface area contributed by atoms with Crippen LogP contribution in [0.2, 0.25) is 0 Å². The minimum atomic E-state index is -2.97. The second-order valence-corrected chi connectivity index (χ2v) is 8.07. The van der Waals surface area contributed by atoms with Gasteiger partial charge in [0.05, 0.1) is 24.0 Å². The molecule has 164 valence electrons. The number of benzene rings is 2. The molecule has 0 atom stereocenters. The largest absolute Gasteiger partial charge is 0.495 e. The van der Waals surface area contributed by atoms with Crippen LogP contribution >= 0.6 is 15.9 Å². The van der Waals surface area contributed by atoms with Crippen LogP contribution in [0.25, 0.3) is 10.9 Å². The number of nitrogens with two attached hydrogens (primary N) is 1. The lowest BCUT2D eigenvalue weighted by Gasteiger charge is -2.36. The van der Waals surface area contributed by atoms with Crippen molar-refractivity contribution in [1.82, 2.24) is 15.3 Å². The highest BCUT2D eigenvalue weighted by molar-refractivity contribution is 9.10. The Bertz CT molecular complexity index is 1080. The molecule has 4 rings (SSSR count). The summed E-state index contributed by atoms with van der Waals surface area (Å²) in [6.45, 7) is -1.23. The van der Waals surface area contributed by atoms with Crippen LogP contribution < -0.4 is 25.4 Å². The number of piperidine rings is 1. The monoisotopic (exact) mass is 493 g/mol. The number of aromatic nitrogens is 2. The zero-order chi connectivity index (χ0) is 22.0. The SMILES string of the molecule is COc1ccc(Br)cc1N(c1ncnc2cc(OC(F)F)c(N)cc12)C1CCNCC1. The maximum Gasteiger partial charge on any atom is 0.387 e. The topological polar surface area (TPSA) is 85.5 Å². The molecular formula is C21H22BrF2N5O2. The first-order chi connectivity index (χ1) is 15.0. The Morgan fingerprint density at radius 2 is 1.94 bits per heavy atom. The Balaban J connectivity index is 1.91. The fourth-order valence-electron chi connectivity index (χ4n) is 3.88. The third kappa shape index (κ3) is 4.49. The van der Waals surface area contributed by atoms with Gasteiger partial charge >= 0.3 is 6.61 Å². The van der Waals surface area contributed by atoms with E-state index in [4.69, 9.17) is 10.5 Å². The molecule has 1 saturated heterocycles. The van der Waals surface area contributed by atoms with Gasteiger partial charge in [0.1, 0.15) is 17.9 Å². The lowest BCUT2D eigenvalue weighted by molar-refractivity contribution is -0.0492. The number of fused-ring (bicyclic) bond motifs is 1. The highest BCUT2D eigenvalue weighted by Gasteiger charge is 2.28. The fraction of sp³-hybridized carbons (Fsp3) is 0.333. The van der Waals surface area contributed by atoms with Gasteiger partial charge in [-0.05, 0) is 50.2 Å². The van der Waals surface area contributed by atoms with Crippen LogP contribution in [-0.4, -0.2) is 42.8 Å². The summed E-state index contributed by atoms with van der Waals surface area (Å²) in [6, 6.07) is 8.92. The van der Waals surface area contributed by atoms with Crippen molar-refractivity contribution in [2.75, 3.05) is 30.8 Å². The molecule has 10 heteroatoms. The summed E-state index contributed by atoms with van der Waals surface area (Å²) in [4.78, 5) is 11.0. The van der Waals surface area contributed by atoms with Crippen molar-refractivity contribution in [2.45, 2.75) is 25.5 Å². The Labute approximate surface area is 186 Å². The highest BCUT2D eigenvalue weighted by atomic mass is 79.9. The standard InChI is InChI=1S/C21H22BrF2N5O2/c1-30-18-3-2-12(22)8-17(18)29(13-4-6-26-7-5-13)20-14-9-15(25)19(31-21(23)24)10-16(14)27-11-28-20/h2-3,8-11,13,21,26H,4-7,25H2,1H3. The molecule has 1 aromatic heterocycles. The molecule has 0 bridgehead atoms. The number of rotatable bonds is 6. The smallest absolute Gasteiger partial charge is 0.387 e. The number of methoxy groups -OCH3 is 1. The summed E-state index contributed by atoms with van der Waals surface area (Å²) < 4.78 is 36.6. The summed E-state index contributed by atoms with van der Waals surface area (Å²) in [5, 5.41) is 4.02. The Morgan fingerprint density at radius 1 is 1.16 bits per heavy atom. The number of alkyl halides is 2. The predicted octanol–water partition coefficient (Wildman–Crippen LogP) is 4.47. The van der Waals surface area contributed by atoms with E-state index < -0.39 is 6.61 Å². The highest BCUT2D eigenvalue weighted by Crippen LogP contribution is 2.42. The summed E-state index contributed by atoms with van der Waals surface area (Å²) in [6.07, 6.45) is 3.20. The Kier molecular flexibility index (Phi) is 6.38. The zero-order valence-corrected chi connectivity index (χ0v) is 18.4. The van der Waals surface area contributed by atoms with Gasteiger partial charge in [-0.25, -0.2) is 9.97 Å². The van der Waals surface area contributed by atoms with Gasteiger partial charge < -0.3 is 25.4 Å². The Morgan fingerprint density at radius 3 is 2.65 bits per heavy atom. The second-order valence-electron chi connectivity index (χ2n) is 7.15. The molecule has 1 aliphatic heterocycles. The molecule has 1 aliphatic rings. The quantitative estimate of drug-likeness (QED) is 0.489. The van der Waals surface area contributed by atoms with Crippen molar-refractivity contribution in [3.8, 4) is 11.5 Å². The zero-order valence-electron chi connectivity index (χ0n) is 16.8. The van der Waals surface area contributed by atoms with E-state index >= 15 is 0 Å². The van der Waals surface area contributed by atoms with Gasteiger partial charge in [0, 0.05) is 22.0 Å². The summed E-state index contributed by atoms with van der Waals surface area (Å²) in [7, 11) is 1.62. The molecule has 31 heavy (non-hydrogen) atoms. The molecule has 0 radical (unpaired) electrons. The molecule has 3 N–H and O–H groups in total. The first-order valence-corrected chi connectivity index (χ1v) is 10.6. The molecule has 2 aromatic carbocycles. The van der Waals surface area contributed by atoms with E-state index in [1.165, 1.54) is 12.4 Å². The van der Waals surface area contributed by atoms with Crippen LogP contribution in [0.5, 0.6) is 11.5 Å². The first kappa shape index (κ1) is 21.5. The van der Waals surface area contributed by atoms with Gasteiger partial charge in [0.15, 0.2) is 5.75 Å². The normalized spacial score (nSPS) is 14.7. The van der Waals surface area contributed by atoms with Gasteiger partial charge in [-0.2, -0.15) is 8.78 Å². The van der Waals surface area contributed by atoms with Crippen molar-refractivity contribution in [3.63, 3.8) is 0 Å². The van der Waals surface area contributed by atoms with Gasteiger partial charge in [0.25, 0.3) is 0 Å². The lowest BCUT2D eigenvalue weighted by Crippen LogP contribution is -2.41. The number of ether oxygens (including phenoxy) is 2. The molecule has 1 fully saturated rings. The van der Waals surface area contributed by atoms with Crippen molar-refractivity contribution < 1.29 is 18.3 Å². The van der Waals surface area contributed by atoms with Crippen LogP contribution in [0, 0.1) is 0 Å². The molecule has 0 spiro atoms. The van der Waals surface area contributed by atoms with Crippen molar-refractivity contribution in [1.29, 1.82) is 0 Å². The molecule has 0 amide bonds. The number of anilines is 3. The summed E-state index contributed by atoms with van der Waals surface area (Å²) in [5.41, 5.74) is 7.42. The summed E-state index contributed by atoms with van der Waals surface area (Å²) in [5.74, 6) is 1.21. The van der Waals surface area contributed by atoms with E-state index in [0.29, 0.717) is 22.5 Å². The third-order valence-electron chi connectivity index (χ3n) is 5.26.